The molecule has 0 aliphatic rings. The van der Waals surface area contributed by atoms with E-state index in [0.717, 1.165) is 0 Å². The third-order valence-electron chi connectivity index (χ3n) is 1.93. The summed E-state index contributed by atoms with van der Waals surface area (Å²) in [7, 11) is -7.37. The van der Waals surface area contributed by atoms with Crippen LogP contribution in [0.15, 0.2) is 0 Å². The van der Waals surface area contributed by atoms with Gasteiger partial charge in [-0.05, 0) is 33.1 Å². The van der Waals surface area contributed by atoms with E-state index < -0.39 is 26.3 Å². The van der Waals surface area contributed by atoms with Crippen molar-refractivity contribution < 1.29 is 25.6 Å². The smallest absolute Gasteiger partial charge is 0.267 e. The summed E-state index contributed by atoms with van der Waals surface area (Å²) in [4.78, 5) is 0. The Bertz CT molecular complexity index is 383. The van der Waals surface area contributed by atoms with Crippen LogP contribution in [0.2, 0.25) is 0 Å². The van der Waals surface area contributed by atoms with Crippen LogP contribution in [0.3, 0.4) is 0 Å². The number of unbranched alkanes of at least 4 members (excludes halogenated alkanes) is 1. The minimum atomic E-state index is -3.92. The van der Waals surface area contributed by atoms with Gasteiger partial charge in [0.25, 0.3) is 20.2 Å². The molecular formula is C8H18O6S2. The van der Waals surface area contributed by atoms with Gasteiger partial charge >= 0.3 is 0 Å². The molecule has 0 heterocycles. The van der Waals surface area contributed by atoms with Crippen molar-refractivity contribution in [3.05, 3.63) is 0 Å². The SMILES string of the molecule is CCS(=O)(=O)OC(C)CCCCS(=O)(=O)O. The van der Waals surface area contributed by atoms with Crippen molar-refractivity contribution in [2.45, 2.75) is 39.2 Å². The van der Waals surface area contributed by atoms with Crippen LogP contribution in [0.5, 0.6) is 0 Å². The maximum atomic E-state index is 11.0. The van der Waals surface area contributed by atoms with Crippen LogP contribution in [0.4, 0.5) is 0 Å². The zero-order valence-corrected chi connectivity index (χ0v) is 11.1. The zero-order valence-electron chi connectivity index (χ0n) is 9.42. The van der Waals surface area contributed by atoms with Gasteiger partial charge in [0.15, 0.2) is 0 Å². The van der Waals surface area contributed by atoms with Gasteiger partial charge in [-0.25, -0.2) is 0 Å². The molecule has 16 heavy (non-hydrogen) atoms. The van der Waals surface area contributed by atoms with E-state index in [1.807, 2.05) is 0 Å². The highest BCUT2D eigenvalue weighted by molar-refractivity contribution is 7.86. The van der Waals surface area contributed by atoms with E-state index >= 15 is 0 Å². The first-order chi connectivity index (χ1) is 7.16. The average molecular weight is 274 g/mol. The monoisotopic (exact) mass is 274 g/mol. The molecule has 1 N–H and O–H groups in total. The standard InChI is InChI=1S/C8H18O6S2/c1-3-16(12,13)14-8(2)6-4-5-7-15(9,10)11/h8H,3-7H2,1-2H3,(H,9,10,11). The Morgan fingerprint density at radius 2 is 1.75 bits per heavy atom. The van der Waals surface area contributed by atoms with Crippen molar-refractivity contribution in [2.75, 3.05) is 11.5 Å². The lowest BCUT2D eigenvalue weighted by molar-refractivity contribution is 0.215. The molecule has 98 valence electrons. The fourth-order valence-corrected chi connectivity index (χ4v) is 2.38. The van der Waals surface area contributed by atoms with Crippen molar-refractivity contribution in [1.82, 2.24) is 0 Å². The second kappa shape index (κ2) is 6.53. The Labute approximate surface area is 96.9 Å². The molecule has 1 atom stereocenters. The van der Waals surface area contributed by atoms with Gasteiger partial charge in [0.1, 0.15) is 0 Å². The fourth-order valence-electron chi connectivity index (χ4n) is 1.08. The van der Waals surface area contributed by atoms with Crippen LogP contribution in [0, 0.1) is 0 Å². The molecule has 8 heteroatoms. The van der Waals surface area contributed by atoms with Crippen molar-refractivity contribution in [3.63, 3.8) is 0 Å². The molecule has 0 radical (unpaired) electrons. The quantitative estimate of drug-likeness (QED) is 0.399. The molecule has 1 unspecified atom stereocenters. The van der Waals surface area contributed by atoms with Gasteiger partial charge in [-0.1, -0.05) is 0 Å². The molecule has 6 nitrogen and oxygen atoms in total. The third-order valence-corrected chi connectivity index (χ3v) is 4.06. The highest BCUT2D eigenvalue weighted by atomic mass is 32.2. The summed E-state index contributed by atoms with van der Waals surface area (Å²) >= 11 is 0. The van der Waals surface area contributed by atoms with Crippen molar-refractivity contribution in [1.29, 1.82) is 0 Å². The second-order valence-corrected chi connectivity index (χ2v) is 6.99. The second-order valence-electron chi connectivity index (χ2n) is 3.54. The van der Waals surface area contributed by atoms with Crippen LogP contribution in [0.25, 0.3) is 0 Å². The minimum Gasteiger partial charge on any atom is -0.286 e. The summed E-state index contributed by atoms with van der Waals surface area (Å²) in [6, 6.07) is 0. The van der Waals surface area contributed by atoms with Crippen LogP contribution < -0.4 is 0 Å². The molecule has 0 aromatic carbocycles. The van der Waals surface area contributed by atoms with E-state index in [2.05, 4.69) is 0 Å². The van der Waals surface area contributed by atoms with E-state index in [1.165, 1.54) is 6.92 Å². The fraction of sp³-hybridized carbons (Fsp3) is 1.00. The van der Waals surface area contributed by atoms with Crippen molar-refractivity contribution in [3.8, 4) is 0 Å². The van der Waals surface area contributed by atoms with Crippen LogP contribution in [-0.4, -0.2) is 39.0 Å². The lowest BCUT2D eigenvalue weighted by atomic mass is 10.2. The summed E-state index contributed by atoms with van der Waals surface area (Å²) in [5, 5.41) is 0. The molecular weight excluding hydrogens is 256 g/mol. The molecule has 0 aliphatic heterocycles. The van der Waals surface area contributed by atoms with E-state index in [9.17, 15) is 16.8 Å². The number of hydrogen-bond acceptors (Lipinski definition) is 5. The van der Waals surface area contributed by atoms with Crippen molar-refractivity contribution in [2.24, 2.45) is 0 Å². The molecule has 0 saturated carbocycles. The average Bonchev–Trinajstić information content (AvgIpc) is 2.10. The summed E-state index contributed by atoms with van der Waals surface area (Å²) < 4.78 is 56.1. The van der Waals surface area contributed by atoms with Gasteiger partial charge < -0.3 is 0 Å². The molecule has 0 rings (SSSR count). The predicted molar refractivity (Wildman–Crippen MR) is 60.3 cm³/mol. The van der Waals surface area contributed by atoms with E-state index in [0.29, 0.717) is 19.3 Å². The summed E-state index contributed by atoms with van der Waals surface area (Å²) in [6.07, 6.45) is 0.750. The first-order valence-electron chi connectivity index (χ1n) is 5.02. The van der Waals surface area contributed by atoms with Gasteiger partial charge in [0, 0.05) is 0 Å². The van der Waals surface area contributed by atoms with E-state index in [4.69, 9.17) is 8.74 Å². The number of rotatable bonds is 8. The Morgan fingerprint density at radius 3 is 2.19 bits per heavy atom. The Morgan fingerprint density at radius 1 is 1.19 bits per heavy atom. The molecule has 0 aromatic heterocycles. The van der Waals surface area contributed by atoms with Crippen LogP contribution in [-0.2, 0) is 24.4 Å². The molecule has 0 aromatic rings. The summed E-state index contributed by atoms with van der Waals surface area (Å²) in [5.74, 6) is -0.386. The Hall–Kier alpha value is -0.180. The first-order valence-corrected chi connectivity index (χ1v) is 8.21. The lowest BCUT2D eigenvalue weighted by Crippen LogP contribution is -2.17. The minimum absolute atomic E-state index is 0.0810. The molecule has 0 fully saturated rings. The van der Waals surface area contributed by atoms with Crippen LogP contribution >= 0.6 is 0 Å². The Balaban J connectivity index is 3.79. The molecule has 0 aliphatic carbocycles. The molecule has 0 saturated heterocycles. The normalized spacial score (nSPS) is 14.9. The highest BCUT2D eigenvalue weighted by Crippen LogP contribution is 2.08. The van der Waals surface area contributed by atoms with Gasteiger partial charge in [-0.2, -0.15) is 16.8 Å². The van der Waals surface area contributed by atoms with Gasteiger partial charge in [0.2, 0.25) is 0 Å². The third kappa shape index (κ3) is 9.08. The van der Waals surface area contributed by atoms with Gasteiger partial charge in [0.05, 0.1) is 17.6 Å². The maximum absolute atomic E-state index is 11.0. The summed E-state index contributed by atoms with van der Waals surface area (Å²) in [5.41, 5.74) is 0. The van der Waals surface area contributed by atoms with Crippen LogP contribution in [0.1, 0.15) is 33.1 Å². The van der Waals surface area contributed by atoms with Gasteiger partial charge in [-0.15, -0.1) is 0 Å². The van der Waals surface area contributed by atoms with E-state index in [-0.39, 0.29) is 11.5 Å². The zero-order chi connectivity index (χ0) is 12.8. The largest absolute Gasteiger partial charge is 0.286 e. The lowest BCUT2D eigenvalue weighted by Gasteiger charge is -2.11. The van der Waals surface area contributed by atoms with Gasteiger partial charge in [-0.3, -0.25) is 8.74 Å². The topological polar surface area (TPSA) is 97.7 Å². The maximum Gasteiger partial charge on any atom is 0.267 e. The number of hydrogen-bond donors (Lipinski definition) is 1. The predicted octanol–water partition coefficient (Wildman–Crippen LogP) is 0.799. The molecule has 0 amide bonds. The highest BCUT2D eigenvalue weighted by Gasteiger charge is 2.13. The van der Waals surface area contributed by atoms with E-state index in [1.54, 1.807) is 6.92 Å². The first kappa shape index (κ1) is 15.8. The Kier molecular flexibility index (Phi) is 6.46. The summed E-state index contributed by atoms with van der Waals surface area (Å²) in [6.45, 7) is 3.10. The van der Waals surface area contributed by atoms with Crippen molar-refractivity contribution >= 4 is 20.2 Å². The molecule has 0 spiro atoms. The molecule has 0 bridgehead atoms.